The number of fused-ring (bicyclic) bond motifs is 1. The van der Waals surface area contributed by atoms with Crippen molar-refractivity contribution >= 4 is 16.5 Å². The van der Waals surface area contributed by atoms with Gasteiger partial charge in [-0.15, -0.1) is 0 Å². The SMILES string of the molecule is CC(C)c1c[n+]2c(s1)N(Cc1ccc(C(F)(F)F)cc1)C(c1ccccc1)C2.[Cl-]. The molecule has 1 atom stereocenters. The molecule has 2 aromatic carbocycles. The lowest BCUT2D eigenvalue weighted by atomic mass is 10.1. The van der Waals surface area contributed by atoms with Crippen LogP contribution in [0.25, 0.3) is 0 Å². The minimum Gasteiger partial charge on any atom is -1.00 e. The summed E-state index contributed by atoms with van der Waals surface area (Å²) in [6, 6.07) is 16.0. The number of rotatable bonds is 4. The Kier molecular flexibility index (Phi) is 6.24. The quantitative estimate of drug-likeness (QED) is 0.568. The Morgan fingerprint density at radius 3 is 2.31 bits per heavy atom. The minimum absolute atomic E-state index is 0. The summed E-state index contributed by atoms with van der Waals surface area (Å²) in [6.45, 7) is 5.78. The molecule has 0 spiro atoms. The fraction of sp³-hybridized carbons (Fsp3) is 0.318. The van der Waals surface area contributed by atoms with Crippen LogP contribution in [-0.2, 0) is 19.3 Å². The fourth-order valence-electron chi connectivity index (χ4n) is 3.57. The fourth-order valence-corrected chi connectivity index (χ4v) is 4.75. The molecule has 1 unspecified atom stereocenters. The van der Waals surface area contributed by atoms with Crippen molar-refractivity contribution in [3.63, 3.8) is 0 Å². The summed E-state index contributed by atoms with van der Waals surface area (Å²) in [5.41, 5.74) is 1.49. The molecule has 1 aliphatic rings. The van der Waals surface area contributed by atoms with E-state index in [9.17, 15) is 13.2 Å². The zero-order valence-electron chi connectivity index (χ0n) is 16.2. The Balaban J connectivity index is 0.00000240. The maximum atomic E-state index is 12.9. The molecule has 0 fully saturated rings. The van der Waals surface area contributed by atoms with Crippen molar-refractivity contribution in [2.24, 2.45) is 0 Å². The summed E-state index contributed by atoms with van der Waals surface area (Å²) < 4.78 is 40.9. The average Bonchev–Trinajstić information content (AvgIpc) is 3.22. The largest absolute Gasteiger partial charge is 1.00 e. The van der Waals surface area contributed by atoms with Gasteiger partial charge in [0.2, 0.25) is 0 Å². The normalized spacial score (nSPS) is 16.1. The molecule has 1 aromatic heterocycles. The van der Waals surface area contributed by atoms with Crippen molar-refractivity contribution in [1.29, 1.82) is 0 Å². The third kappa shape index (κ3) is 4.43. The number of hydrogen-bond acceptors (Lipinski definition) is 2. The molecule has 0 saturated carbocycles. The second kappa shape index (κ2) is 8.36. The van der Waals surface area contributed by atoms with Gasteiger partial charge in [-0.2, -0.15) is 13.2 Å². The number of thiazole rings is 1. The highest BCUT2D eigenvalue weighted by atomic mass is 35.5. The molecule has 0 amide bonds. The summed E-state index contributed by atoms with van der Waals surface area (Å²) in [5, 5.41) is 1.16. The first-order chi connectivity index (χ1) is 13.3. The highest BCUT2D eigenvalue weighted by Gasteiger charge is 2.41. The Bertz CT molecular complexity index is 952. The lowest BCUT2D eigenvalue weighted by molar-refractivity contribution is -0.670. The Morgan fingerprint density at radius 1 is 1.07 bits per heavy atom. The van der Waals surface area contributed by atoms with E-state index < -0.39 is 11.7 Å². The predicted octanol–water partition coefficient (Wildman–Crippen LogP) is 2.94. The molecule has 2 heterocycles. The second-order valence-corrected chi connectivity index (χ2v) is 8.51. The van der Waals surface area contributed by atoms with Crippen LogP contribution in [-0.4, -0.2) is 0 Å². The Hall–Kier alpha value is -2.05. The van der Waals surface area contributed by atoms with Crippen molar-refractivity contribution < 1.29 is 30.1 Å². The monoisotopic (exact) mass is 438 g/mol. The number of benzene rings is 2. The number of hydrogen-bond donors (Lipinski definition) is 0. The number of aromatic nitrogens is 1. The van der Waals surface area contributed by atoms with Crippen LogP contribution in [0.1, 0.15) is 47.4 Å². The zero-order valence-corrected chi connectivity index (χ0v) is 17.7. The lowest BCUT2D eigenvalue weighted by Crippen LogP contribution is -3.00. The van der Waals surface area contributed by atoms with Crippen molar-refractivity contribution in [2.75, 3.05) is 4.90 Å². The van der Waals surface area contributed by atoms with Crippen molar-refractivity contribution in [3.8, 4) is 0 Å². The second-order valence-electron chi connectivity index (χ2n) is 7.47. The lowest BCUT2D eigenvalue weighted by Gasteiger charge is -2.19. The number of halogens is 4. The molecular weight excluding hydrogens is 417 g/mol. The van der Waals surface area contributed by atoms with Crippen LogP contribution in [0.2, 0.25) is 0 Å². The van der Waals surface area contributed by atoms with Crippen molar-refractivity contribution in [2.45, 2.75) is 45.1 Å². The van der Waals surface area contributed by atoms with Gasteiger partial charge in [-0.1, -0.05) is 67.6 Å². The first-order valence-electron chi connectivity index (χ1n) is 9.34. The van der Waals surface area contributed by atoms with E-state index in [-0.39, 0.29) is 18.4 Å². The molecular formula is C22H22ClF3N2S. The van der Waals surface area contributed by atoms with Crippen LogP contribution in [0.15, 0.2) is 60.8 Å². The van der Waals surface area contributed by atoms with Crippen molar-refractivity contribution in [1.82, 2.24) is 0 Å². The maximum Gasteiger partial charge on any atom is 0.416 e. The summed E-state index contributed by atoms with van der Waals surface area (Å²) in [5.74, 6) is 0.450. The number of nitrogens with zero attached hydrogens (tertiary/aromatic N) is 2. The summed E-state index contributed by atoms with van der Waals surface area (Å²) >= 11 is 1.77. The third-order valence-corrected chi connectivity index (χ3v) is 6.58. The number of anilines is 1. The molecule has 2 nitrogen and oxygen atoms in total. The van der Waals surface area contributed by atoms with Crippen molar-refractivity contribution in [3.05, 3.63) is 82.4 Å². The van der Waals surface area contributed by atoms with Gasteiger partial charge in [-0.05, 0) is 23.6 Å². The van der Waals surface area contributed by atoms with E-state index in [2.05, 4.69) is 41.6 Å². The molecule has 0 saturated heterocycles. The van der Waals surface area contributed by atoms with Crippen LogP contribution < -0.4 is 21.9 Å². The van der Waals surface area contributed by atoms with Gasteiger partial charge in [0.1, 0.15) is 19.3 Å². The molecule has 29 heavy (non-hydrogen) atoms. The molecule has 154 valence electrons. The van der Waals surface area contributed by atoms with Gasteiger partial charge in [0, 0.05) is 5.56 Å². The smallest absolute Gasteiger partial charge is 0.416 e. The Morgan fingerprint density at radius 2 is 1.72 bits per heavy atom. The van der Waals surface area contributed by atoms with Crippen LogP contribution in [0, 0.1) is 0 Å². The van der Waals surface area contributed by atoms with Gasteiger partial charge in [0.05, 0.1) is 10.4 Å². The highest BCUT2D eigenvalue weighted by molar-refractivity contribution is 7.15. The standard InChI is InChI=1S/C22H22F3N2S.ClH/c1-15(2)20-14-26-13-19(17-6-4-3-5-7-17)27(21(26)28-20)12-16-8-10-18(11-9-16)22(23,24)25;/h3-11,14-15,19H,12-13H2,1-2H3;1H/q+1;/p-1. The van der Waals surface area contributed by atoms with E-state index in [1.807, 2.05) is 18.2 Å². The van der Waals surface area contributed by atoms with Crippen LogP contribution in [0.3, 0.4) is 0 Å². The summed E-state index contributed by atoms with van der Waals surface area (Å²) in [6.07, 6.45) is -2.09. The molecule has 1 aliphatic heterocycles. The predicted molar refractivity (Wildman–Crippen MR) is 105 cm³/mol. The Labute approximate surface area is 179 Å². The van der Waals surface area contributed by atoms with Gasteiger partial charge in [-0.3, -0.25) is 0 Å². The molecule has 3 aromatic rings. The topological polar surface area (TPSA) is 7.12 Å². The molecule has 0 aliphatic carbocycles. The minimum atomic E-state index is -4.30. The van der Waals surface area contributed by atoms with Crippen LogP contribution >= 0.6 is 11.3 Å². The molecule has 0 bridgehead atoms. The van der Waals surface area contributed by atoms with E-state index in [1.165, 1.54) is 22.6 Å². The average molecular weight is 439 g/mol. The summed E-state index contributed by atoms with van der Waals surface area (Å²) in [4.78, 5) is 3.63. The van der Waals surface area contributed by atoms with Gasteiger partial charge >= 0.3 is 11.3 Å². The summed E-state index contributed by atoms with van der Waals surface area (Å²) in [7, 11) is 0. The third-order valence-electron chi connectivity index (χ3n) is 5.12. The maximum absolute atomic E-state index is 12.9. The molecule has 0 radical (unpaired) electrons. The molecule has 7 heteroatoms. The first kappa shape index (κ1) is 21.7. The van der Waals surface area contributed by atoms with Gasteiger partial charge < -0.3 is 12.4 Å². The van der Waals surface area contributed by atoms with Gasteiger partial charge in [0.25, 0.3) is 0 Å². The molecule has 4 rings (SSSR count). The number of alkyl halides is 3. The van der Waals surface area contributed by atoms with E-state index in [0.717, 1.165) is 17.2 Å². The van der Waals surface area contributed by atoms with Gasteiger partial charge in [0.15, 0.2) is 6.04 Å². The van der Waals surface area contributed by atoms with E-state index in [1.54, 1.807) is 23.5 Å². The van der Waals surface area contributed by atoms with E-state index in [4.69, 9.17) is 0 Å². The zero-order chi connectivity index (χ0) is 19.9. The van der Waals surface area contributed by atoms with E-state index >= 15 is 0 Å². The highest BCUT2D eigenvalue weighted by Crippen LogP contribution is 2.38. The van der Waals surface area contributed by atoms with Crippen LogP contribution in [0.4, 0.5) is 18.3 Å². The first-order valence-corrected chi connectivity index (χ1v) is 10.2. The molecule has 0 N–H and O–H groups in total. The van der Waals surface area contributed by atoms with Crippen LogP contribution in [0.5, 0.6) is 0 Å². The van der Waals surface area contributed by atoms with Gasteiger partial charge in [-0.25, -0.2) is 9.47 Å². The van der Waals surface area contributed by atoms with E-state index in [0.29, 0.717) is 12.5 Å².